The molecule has 0 radical (unpaired) electrons. The highest BCUT2D eigenvalue weighted by atomic mass is 35.5. The predicted molar refractivity (Wildman–Crippen MR) is 140 cm³/mol. The number of thioether (sulfide) groups is 1. The van der Waals surface area contributed by atoms with E-state index in [4.69, 9.17) is 23.2 Å². The second-order valence-corrected chi connectivity index (χ2v) is 10.2. The number of hydrogen-bond acceptors (Lipinski definition) is 5. The van der Waals surface area contributed by atoms with Crippen LogP contribution in [0.2, 0.25) is 10.0 Å². The number of aryl methyl sites for hydroxylation is 1. The molecular weight excluding hydrogens is 489 g/mol. The standard InChI is InChI=1S/C25H27Cl2N5OS/c1-16-8-10-18(11-9-16)24-30-31-25(32(24)20-6-4-3-5-7-20)34-15-23(33)29-28-17(2)19-12-13-21(26)22(27)14-19/h8-14,20H,3-7,15H2,1-2H3,(H,29,33)/b28-17+. The quantitative estimate of drug-likeness (QED) is 0.216. The second kappa shape index (κ2) is 11.4. The van der Waals surface area contributed by atoms with Crippen molar-refractivity contribution in [3.63, 3.8) is 0 Å². The van der Waals surface area contributed by atoms with Gasteiger partial charge in [0.1, 0.15) is 0 Å². The van der Waals surface area contributed by atoms with Gasteiger partial charge >= 0.3 is 0 Å². The molecule has 2 aromatic carbocycles. The second-order valence-electron chi connectivity index (χ2n) is 8.48. The van der Waals surface area contributed by atoms with Crippen LogP contribution < -0.4 is 5.43 Å². The van der Waals surface area contributed by atoms with Crippen molar-refractivity contribution in [1.82, 2.24) is 20.2 Å². The largest absolute Gasteiger partial charge is 0.299 e. The van der Waals surface area contributed by atoms with Gasteiger partial charge in [0.2, 0.25) is 0 Å². The molecule has 1 aliphatic carbocycles. The Hall–Kier alpha value is -2.35. The van der Waals surface area contributed by atoms with Gasteiger partial charge in [-0.15, -0.1) is 10.2 Å². The third-order valence-electron chi connectivity index (χ3n) is 5.93. The van der Waals surface area contributed by atoms with E-state index < -0.39 is 0 Å². The summed E-state index contributed by atoms with van der Waals surface area (Å²) in [5.41, 5.74) is 6.31. The number of amides is 1. The van der Waals surface area contributed by atoms with Crippen LogP contribution in [0.25, 0.3) is 11.4 Å². The van der Waals surface area contributed by atoms with Crippen molar-refractivity contribution in [3.8, 4) is 11.4 Å². The van der Waals surface area contributed by atoms with Gasteiger partial charge in [0.15, 0.2) is 11.0 Å². The summed E-state index contributed by atoms with van der Waals surface area (Å²) in [4.78, 5) is 12.5. The number of aromatic nitrogens is 3. The molecule has 1 saturated carbocycles. The van der Waals surface area contributed by atoms with E-state index in [1.807, 2.05) is 6.07 Å². The molecule has 1 fully saturated rings. The normalized spacial score (nSPS) is 14.9. The summed E-state index contributed by atoms with van der Waals surface area (Å²) < 4.78 is 2.23. The fourth-order valence-corrected chi connectivity index (χ4v) is 5.13. The molecule has 6 nitrogen and oxygen atoms in total. The first-order valence-corrected chi connectivity index (χ1v) is 13.1. The predicted octanol–water partition coefficient (Wildman–Crippen LogP) is 6.70. The summed E-state index contributed by atoms with van der Waals surface area (Å²) in [7, 11) is 0. The topological polar surface area (TPSA) is 72.2 Å². The Morgan fingerprint density at radius 1 is 1.09 bits per heavy atom. The highest BCUT2D eigenvalue weighted by molar-refractivity contribution is 7.99. The molecule has 34 heavy (non-hydrogen) atoms. The molecule has 0 unspecified atom stereocenters. The fourth-order valence-electron chi connectivity index (χ4n) is 4.04. The third kappa shape index (κ3) is 6.01. The van der Waals surface area contributed by atoms with Gasteiger partial charge in [-0.25, -0.2) is 5.43 Å². The maximum atomic E-state index is 12.5. The van der Waals surface area contributed by atoms with Gasteiger partial charge < -0.3 is 0 Å². The van der Waals surface area contributed by atoms with Gasteiger partial charge in [-0.05, 0) is 44.4 Å². The Morgan fingerprint density at radius 3 is 2.53 bits per heavy atom. The van der Waals surface area contributed by atoms with Crippen LogP contribution in [0.15, 0.2) is 52.7 Å². The van der Waals surface area contributed by atoms with E-state index in [0.717, 1.165) is 34.9 Å². The Labute approximate surface area is 214 Å². The molecule has 0 saturated heterocycles. The Morgan fingerprint density at radius 2 is 1.82 bits per heavy atom. The molecule has 9 heteroatoms. The first-order valence-electron chi connectivity index (χ1n) is 11.4. The average molecular weight is 516 g/mol. The first-order chi connectivity index (χ1) is 16.4. The van der Waals surface area contributed by atoms with Gasteiger partial charge in [-0.1, -0.05) is 90.1 Å². The Bertz CT molecular complexity index is 1190. The van der Waals surface area contributed by atoms with Crippen molar-refractivity contribution in [1.29, 1.82) is 0 Å². The zero-order valence-corrected chi connectivity index (χ0v) is 21.6. The van der Waals surface area contributed by atoms with Gasteiger partial charge in [-0.3, -0.25) is 9.36 Å². The van der Waals surface area contributed by atoms with E-state index in [1.165, 1.54) is 36.6 Å². The minimum atomic E-state index is -0.209. The number of rotatable bonds is 7. The van der Waals surface area contributed by atoms with E-state index in [9.17, 15) is 4.79 Å². The number of carbonyl (C=O) groups excluding carboxylic acids is 1. The summed E-state index contributed by atoms with van der Waals surface area (Å²) in [6.07, 6.45) is 5.86. The molecule has 0 bridgehead atoms. The Kier molecular flexibility index (Phi) is 8.29. The summed E-state index contributed by atoms with van der Waals surface area (Å²) in [6.45, 7) is 3.88. The van der Waals surface area contributed by atoms with E-state index in [0.29, 0.717) is 21.8 Å². The SMILES string of the molecule is C/C(=N\NC(=O)CSc1nnc(-c2ccc(C)cc2)n1C1CCCCC1)c1ccc(Cl)c(Cl)c1. The molecular formula is C25H27Cl2N5OS. The zero-order valence-electron chi connectivity index (χ0n) is 19.2. The summed E-state index contributed by atoms with van der Waals surface area (Å²) in [5, 5.41) is 14.9. The molecule has 1 heterocycles. The van der Waals surface area contributed by atoms with Crippen molar-refractivity contribution < 1.29 is 4.79 Å². The minimum absolute atomic E-state index is 0.191. The lowest BCUT2D eigenvalue weighted by Crippen LogP contribution is -2.22. The van der Waals surface area contributed by atoms with Crippen LogP contribution in [-0.4, -0.2) is 32.1 Å². The monoisotopic (exact) mass is 515 g/mol. The third-order valence-corrected chi connectivity index (χ3v) is 7.61. The van der Waals surface area contributed by atoms with Gasteiger partial charge in [0.25, 0.3) is 5.91 Å². The summed E-state index contributed by atoms with van der Waals surface area (Å²) in [5.74, 6) is 0.847. The number of halogens is 2. The summed E-state index contributed by atoms with van der Waals surface area (Å²) >= 11 is 13.4. The van der Waals surface area contributed by atoms with Gasteiger partial charge in [-0.2, -0.15) is 5.10 Å². The van der Waals surface area contributed by atoms with Crippen molar-refractivity contribution in [2.75, 3.05) is 5.75 Å². The summed E-state index contributed by atoms with van der Waals surface area (Å²) in [6, 6.07) is 13.9. The van der Waals surface area contributed by atoms with Crippen molar-refractivity contribution >= 4 is 46.6 Å². The molecule has 0 atom stereocenters. The number of hydrazone groups is 1. The molecule has 3 aromatic rings. The van der Waals surface area contributed by atoms with E-state index in [2.05, 4.69) is 56.5 Å². The number of carbonyl (C=O) groups is 1. The zero-order chi connectivity index (χ0) is 24.1. The lowest BCUT2D eigenvalue weighted by molar-refractivity contribution is -0.118. The van der Waals surface area contributed by atoms with Crippen LogP contribution in [0.4, 0.5) is 0 Å². The van der Waals surface area contributed by atoms with Crippen LogP contribution in [-0.2, 0) is 4.79 Å². The van der Waals surface area contributed by atoms with Crippen molar-refractivity contribution in [2.24, 2.45) is 5.10 Å². The lowest BCUT2D eigenvalue weighted by Gasteiger charge is -2.25. The molecule has 1 aromatic heterocycles. The highest BCUT2D eigenvalue weighted by Gasteiger charge is 2.24. The number of nitrogens with zero attached hydrogens (tertiary/aromatic N) is 4. The van der Waals surface area contributed by atoms with Crippen LogP contribution in [0, 0.1) is 6.92 Å². The van der Waals surface area contributed by atoms with Crippen molar-refractivity contribution in [2.45, 2.75) is 57.1 Å². The number of benzene rings is 2. The minimum Gasteiger partial charge on any atom is -0.299 e. The van der Waals surface area contributed by atoms with E-state index >= 15 is 0 Å². The average Bonchev–Trinajstić information content (AvgIpc) is 3.28. The maximum Gasteiger partial charge on any atom is 0.250 e. The van der Waals surface area contributed by atoms with Crippen LogP contribution in [0.5, 0.6) is 0 Å². The first kappa shape index (κ1) is 24.8. The molecule has 0 spiro atoms. The van der Waals surface area contributed by atoms with E-state index in [1.54, 1.807) is 19.1 Å². The molecule has 178 valence electrons. The van der Waals surface area contributed by atoms with Crippen molar-refractivity contribution in [3.05, 3.63) is 63.6 Å². The van der Waals surface area contributed by atoms with Crippen LogP contribution >= 0.6 is 35.0 Å². The Balaban J connectivity index is 1.47. The molecule has 1 amide bonds. The fraction of sp³-hybridized carbons (Fsp3) is 0.360. The lowest BCUT2D eigenvalue weighted by atomic mass is 9.95. The smallest absolute Gasteiger partial charge is 0.250 e. The maximum absolute atomic E-state index is 12.5. The number of hydrogen-bond donors (Lipinski definition) is 1. The van der Waals surface area contributed by atoms with Crippen LogP contribution in [0.3, 0.4) is 0 Å². The van der Waals surface area contributed by atoms with Gasteiger partial charge in [0, 0.05) is 11.6 Å². The molecule has 1 N–H and O–H groups in total. The number of nitrogens with one attached hydrogen (secondary N) is 1. The molecule has 1 aliphatic rings. The van der Waals surface area contributed by atoms with E-state index in [-0.39, 0.29) is 11.7 Å². The van der Waals surface area contributed by atoms with Gasteiger partial charge in [0.05, 0.1) is 21.5 Å². The molecule has 0 aliphatic heterocycles. The van der Waals surface area contributed by atoms with Crippen LogP contribution in [0.1, 0.15) is 56.2 Å². The molecule has 4 rings (SSSR count). The highest BCUT2D eigenvalue weighted by Crippen LogP contribution is 2.35.